The number of aryl methyl sites for hydroxylation is 1. The number of rotatable bonds is 7. The number of benzene rings is 2. The second-order valence-corrected chi connectivity index (χ2v) is 12.2. The van der Waals surface area contributed by atoms with Gasteiger partial charge in [-0.25, -0.2) is 4.98 Å². The van der Waals surface area contributed by atoms with Crippen LogP contribution in [-0.4, -0.2) is 55.6 Å². The number of nitrogens with two attached hydrogens (primary N) is 1. The molecule has 2 saturated carbocycles. The monoisotopic (exact) mass is 561 g/mol. The zero-order valence-electron chi connectivity index (χ0n) is 24.0. The van der Waals surface area contributed by atoms with Gasteiger partial charge in [-0.15, -0.1) is 0 Å². The molecule has 8 rings (SSSR count). The second kappa shape index (κ2) is 9.59. The van der Waals surface area contributed by atoms with Crippen molar-refractivity contribution in [1.29, 1.82) is 0 Å². The summed E-state index contributed by atoms with van der Waals surface area (Å²) in [7, 11) is 3.69. The van der Waals surface area contributed by atoms with Crippen molar-refractivity contribution in [1.82, 2.24) is 24.0 Å². The van der Waals surface area contributed by atoms with Gasteiger partial charge in [0.2, 0.25) is 0 Å². The van der Waals surface area contributed by atoms with Crippen LogP contribution in [-0.2, 0) is 13.6 Å². The largest absolute Gasteiger partial charge is 0.494 e. The minimum absolute atomic E-state index is 0.0159. The number of imidazole rings is 1. The highest BCUT2D eigenvalue weighted by atomic mass is 16.5. The Morgan fingerprint density at radius 1 is 1.05 bits per heavy atom. The Balaban J connectivity index is 1.21. The van der Waals surface area contributed by atoms with E-state index in [4.69, 9.17) is 15.5 Å². The smallest absolute Gasteiger partial charge is 0.254 e. The fourth-order valence-electron chi connectivity index (χ4n) is 7.14. The van der Waals surface area contributed by atoms with Crippen LogP contribution >= 0.6 is 0 Å². The lowest BCUT2D eigenvalue weighted by molar-refractivity contribution is 0.0700. The van der Waals surface area contributed by atoms with Gasteiger partial charge in [0.15, 0.2) is 5.82 Å². The van der Waals surface area contributed by atoms with Crippen molar-refractivity contribution in [2.75, 3.05) is 19.0 Å². The molecule has 2 aliphatic carbocycles. The summed E-state index contributed by atoms with van der Waals surface area (Å²) in [4.78, 5) is 24.9. The van der Waals surface area contributed by atoms with Crippen molar-refractivity contribution >= 4 is 39.2 Å². The fraction of sp³-hybridized carbons (Fsp3) is 0.364. The summed E-state index contributed by atoms with van der Waals surface area (Å²) in [5, 5.41) is 4.68. The van der Waals surface area contributed by atoms with E-state index in [1.807, 2.05) is 36.2 Å². The topological polar surface area (TPSA) is 103 Å². The van der Waals surface area contributed by atoms with E-state index in [0.29, 0.717) is 23.1 Å². The summed E-state index contributed by atoms with van der Waals surface area (Å²) in [5.41, 5.74) is 12.9. The van der Waals surface area contributed by atoms with E-state index in [9.17, 15) is 4.79 Å². The first kappa shape index (κ1) is 25.3. The third-order valence-electron chi connectivity index (χ3n) is 9.56. The van der Waals surface area contributed by atoms with Crippen LogP contribution in [0.4, 0.5) is 11.4 Å². The van der Waals surface area contributed by atoms with E-state index in [2.05, 4.69) is 43.7 Å². The lowest BCUT2D eigenvalue weighted by Gasteiger charge is -2.27. The van der Waals surface area contributed by atoms with Gasteiger partial charge in [0, 0.05) is 66.9 Å². The van der Waals surface area contributed by atoms with Crippen molar-refractivity contribution in [3.63, 3.8) is 0 Å². The summed E-state index contributed by atoms with van der Waals surface area (Å²) in [6.45, 7) is 1.68. The standard InChI is InChI=1S/C33H35N7O2/c1-38-31-25(13-22(15-29(31)42-2)33(41)40-18-21-6-8-26(40)30(21)34)37-32(38)28-14-20-5-7-24(36-23-9-11-35-12-10-23)16-27(20)39(28)17-19-3-4-19/h5,7,9-16,19,21,26,30H,3-4,6,8,17-18,34H2,1-2H3,(H,35,36)/t21-,26-,30-/m1/s1. The Kier molecular flexibility index (Phi) is 5.79. The number of nitrogens with one attached hydrogen (secondary N) is 1. The first-order chi connectivity index (χ1) is 20.5. The lowest BCUT2D eigenvalue weighted by Crippen LogP contribution is -2.41. The predicted octanol–water partition coefficient (Wildman–Crippen LogP) is 5.31. The predicted molar refractivity (Wildman–Crippen MR) is 164 cm³/mol. The number of carbonyl (C=O) groups is 1. The van der Waals surface area contributed by atoms with E-state index >= 15 is 0 Å². The maximum absolute atomic E-state index is 13.7. The van der Waals surface area contributed by atoms with E-state index in [1.54, 1.807) is 19.5 Å². The molecule has 0 unspecified atom stereocenters. The van der Waals surface area contributed by atoms with Crippen LogP contribution in [0.5, 0.6) is 5.75 Å². The average molecular weight is 562 g/mol. The van der Waals surface area contributed by atoms with E-state index in [-0.39, 0.29) is 18.0 Å². The number of piperidine rings is 1. The first-order valence-electron chi connectivity index (χ1n) is 14.9. The summed E-state index contributed by atoms with van der Waals surface area (Å²) in [6.07, 6.45) is 8.17. The van der Waals surface area contributed by atoms with Gasteiger partial charge >= 0.3 is 0 Å². The maximum atomic E-state index is 13.7. The number of pyridine rings is 1. The molecular weight excluding hydrogens is 526 g/mol. The van der Waals surface area contributed by atoms with Crippen LogP contribution < -0.4 is 15.8 Å². The first-order valence-corrected chi connectivity index (χ1v) is 14.9. The molecule has 3 aromatic heterocycles. The number of amides is 1. The molecule has 4 heterocycles. The molecule has 3 N–H and O–H groups in total. The molecule has 3 atom stereocenters. The normalized spacial score (nSPS) is 21.5. The van der Waals surface area contributed by atoms with Gasteiger partial charge in [-0.1, -0.05) is 6.07 Å². The number of ether oxygens (including phenoxy) is 1. The van der Waals surface area contributed by atoms with E-state index in [1.165, 1.54) is 23.7 Å². The number of hydrogen-bond donors (Lipinski definition) is 2. The fourth-order valence-corrected chi connectivity index (χ4v) is 7.14. The molecular formula is C33H35N7O2. The highest BCUT2D eigenvalue weighted by Gasteiger charge is 2.47. The number of aromatic nitrogens is 4. The molecule has 3 fully saturated rings. The minimum atomic E-state index is 0.0159. The number of likely N-dealkylation sites (tertiary alicyclic amines) is 1. The number of fused-ring (bicyclic) bond motifs is 4. The third-order valence-corrected chi connectivity index (χ3v) is 9.56. The Labute approximate surface area is 244 Å². The van der Waals surface area contributed by atoms with Crippen molar-refractivity contribution in [3.8, 4) is 17.3 Å². The van der Waals surface area contributed by atoms with Crippen molar-refractivity contribution < 1.29 is 9.53 Å². The third kappa shape index (κ3) is 4.06. The molecule has 42 heavy (non-hydrogen) atoms. The SMILES string of the molecule is COc1cc(C(=O)N2C[C@H]3CC[C@@H]2[C@@H]3N)cc2nc(-c3cc4ccc(Nc5ccncc5)cc4n3CC3CC3)n(C)c12. The molecule has 5 aromatic rings. The summed E-state index contributed by atoms with van der Waals surface area (Å²) < 4.78 is 10.4. The Hall–Kier alpha value is -4.37. The number of nitrogens with zero attached hydrogens (tertiary/aromatic N) is 5. The highest BCUT2D eigenvalue weighted by molar-refractivity contribution is 6.00. The van der Waals surface area contributed by atoms with E-state index in [0.717, 1.165) is 59.9 Å². The number of carbonyl (C=O) groups excluding carboxylic acids is 1. The molecule has 2 aromatic carbocycles. The summed E-state index contributed by atoms with van der Waals surface area (Å²) in [6, 6.07) is 16.7. The number of methoxy groups -OCH3 is 1. The molecule has 0 radical (unpaired) electrons. The van der Waals surface area contributed by atoms with Crippen molar-refractivity contribution in [2.45, 2.75) is 44.3 Å². The van der Waals surface area contributed by atoms with Crippen LogP contribution in [0.15, 0.2) is 60.9 Å². The number of anilines is 2. The minimum Gasteiger partial charge on any atom is -0.494 e. The van der Waals surface area contributed by atoms with Crippen molar-refractivity contribution in [3.05, 3.63) is 66.5 Å². The van der Waals surface area contributed by atoms with Crippen LogP contribution in [0.1, 0.15) is 36.0 Å². The molecule has 1 aliphatic heterocycles. The summed E-state index contributed by atoms with van der Waals surface area (Å²) in [5.74, 6) is 2.60. The van der Waals surface area contributed by atoms with Crippen LogP contribution in [0, 0.1) is 11.8 Å². The van der Waals surface area contributed by atoms with Gasteiger partial charge < -0.3 is 29.8 Å². The molecule has 214 valence electrons. The van der Waals surface area contributed by atoms with Gasteiger partial charge in [0.25, 0.3) is 5.91 Å². The second-order valence-electron chi connectivity index (χ2n) is 12.2. The molecule has 1 saturated heterocycles. The average Bonchev–Trinajstić information content (AvgIpc) is 3.42. The van der Waals surface area contributed by atoms with Gasteiger partial charge in [0.1, 0.15) is 11.3 Å². The molecule has 1 amide bonds. The zero-order chi connectivity index (χ0) is 28.5. The van der Waals surface area contributed by atoms with Gasteiger partial charge in [0.05, 0.1) is 23.8 Å². The Morgan fingerprint density at radius 2 is 1.88 bits per heavy atom. The molecule has 2 bridgehead atoms. The van der Waals surface area contributed by atoms with Gasteiger partial charge in [-0.05, 0) is 80.0 Å². The summed E-state index contributed by atoms with van der Waals surface area (Å²) >= 11 is 0. The maximum Gasteiger partial charge on any atom is 0.254 e. The molecule has 9 nitrogen and oxygen atoms in total. The molecule has 9 heteroatoms. The lowest BCUT2D eigenvalue weighted by atomic mass is 10.1. The molecule has 3 aliphatic rings. The van der Waals surface area contributed by atoms with Crippen molar-refractivity contribution in [2.24, 2.45) is 24.6 Å². The quantitative estimate of drug-likeness (QED) is 0.279. The van der Waals surface area contributed by atoms with Crippen LogP contribution in [0.2, 0.25) is 0 Å². The van der Waals surface area contributed by atoms with Crippen LogP contribution in [0.3, 0.4) is 0 Å². The van der Waals surface area contributed by atoms with E-state index < -0.39 is 0 Å². The van der Waals surface area contributed by atoms with Gasteiger partial charge in [-0.3, -0.25) is 9.78 Å². The van der Waals surface area contributed by atoms with Gasteiger partial charge in [-0.2, -0.15) is 0 Å². The highest BCUT2D eigenvalue weighted by Crippen LogP contribution is 2.40. The van der Waals surface area contributed by atoms with Crippen LogP contribution in [0.25, 0.3) is 33.5 Å². The zero-order valence-corrected chi connectivity index (χ0v) is 24.0. The Bertz CT molecular complexity index is 1840. The molecule has 0 spiro atoms. The Morgan fingerprint density at radius 3 is 2.60 bits per heavy atom. The number of hydrogen-bond acceptors (Lipinski definition) is 6.